The zero-order valence-electron chi connectivity index (χ0n) is 11.6. The molecule has 1 aromatic carbocycles. The van der Waals surface area contributed by atoms with Crippen molar-refractivity contribution < 1.29 is 4.74 Å². The number of hydrogen-bond donors (Lipinski definition) is 2. The Bertz CT molecular complexity index is 563. The average Bonchev–Trinajstić information content (AvgIpc) is 2.74. The third-order valence-corrected chi connectivity index (χ3v) is 2.83. The molecule has 19 heavy (non-hydrogen) atoms. The Kier molecular flexibility index (Phi) is 3.94. The molecule has 1 aromatic heterocycles. The molecule has 0 radical (unpaired) electrons. The number of nitrogens with two attached hydrogens (primary N) is 1. The first-order valence-corrected chi connectivity index (χ1v) is 6.45. The first-order chi connectivity index (χ1) is 9.13. The maximum atomic E-state index is 5.86. The summed E-state index contributed by atoms with van der Waals surface area (Å²) in [7, 11) is 1.92. The molecule has 102 valence electrons. The van der Waals surface area contributed by atoms with Gasteiger partial charge >= 0.3 is 0 Å². The second-order valence-electron chi connectivity index (χ2n) is 4.33. The number of rotatable bonds is 5. The third kappa shape index (κ3) is 2.99. The molecule has 0 saturated carbocycles. The Labute approximate surface area is 113 Å². The van der Waals surface area contributed by atoms with Gasteiger partial charge in [0.25, 0.3) is 0 Å². The smallest absolute Gasteiger partial charge is 0.144 e. The minimum atomic E-state index is 0.598. The molecule has 1 heterocycles. The van der Waals surface area contributed by atoms with E-state index in [1.165, 1.54) is 0 Å². The number of aryl methyl sites for hydroxylation is 2. The second kappa shape index (κ2) is 5.65. The van der Waals surface area contributed by atoms with Crippen LogP contribution in [-0.2, 0) is 13.5 Å². The molecule has 0 amide bonds. The number of benzene rings is 1. The number of hydrogen-bond acceptors (Lipinski definition) is 4. The monoisotopic (exact) mass is 260 g/mol. The van der Waals surface area contributed by atoms with E-state index in [1.807, 2.05) is 43.0 Å². The first kappa shape index (κ1) is 13.3. The Morgan fingerprint density at radius 3 is 2.84 bits per heavy atom. The van der Waals surface area contributed by atoms with Crippen molar-refractivity contribution in [3.63, 3.8) is 0 Å². The SMILES string of the molecule is CCOc1cc(Nc2cn(C)nc2CC)ccc1N. The van der Waals surface area contributed by atoms with Crippen LogP contribution in [0.1, 0.15) is 19.5 Å². The Morgan fingerprint density at radius 1 is 1.37 bits per heavy atom. The average molecular weight is 260 g/mol. The lowest BCUT2D eigenvalue weighted by Crippen LogP contribution is -1.99. The van der Waals surface area contributed by atoms with E-state index in [0.717, 1.165) is 23.5 Å². The lowest BCUT2D eigenvalue weighted by molar-refractivity contribution is 0.342. The van der Waals surface area contributed by atoms with E-state index in [9.17, 15) is 0 Å². The van der Waals surface area contributed by atoms with Gasteiger partial charge in [-0.15, -0.1) is 0 Å². The van der Waals surface area contributed by atoms with E-state index in [2.05, 4.69) is 17.3 Å². The zero-order chi connectivity index (χ0) is 13.8. The van der Waals surface area contributed by atoms with Gasteiger partial charge in [0.05, 0.1) is 23.7 Å². The third-order valence-electron chi connectivity index (χ3n) is 2.83. The standard InChI is InChI=1S/C14H20N4O/c1-4-12-13(9-18(3)17-12)16-10-6-7-11(15)14(8-10)19-5-2/h6-9,16H,4-5,15H2,1-3H3. The van der Waals surface area contributed by atoms with Gasteiger partial charge in [-0.25, -0.2) is 0 Å². The van der Waals surface area contributed by atoms with Crippen molar-refractivity contribution >= 4 is 17.1 Å². The van der Waals surface area contributed by atoms with Crippen LogP contribution in [0.4, 0.5) is 17.1 Å². The topological polar surface area (TPSA) is 65.1 Å². The molecular formula is C14H20N4O. The molecule has 0 bridgehead atoms. The van der Waals surface area contributed by atoms with E-state index >= 15 is 0 Å². The molecule has 0 aliphatic heterocycles. The predicted molar refractivity (Wildman–Crippen MR) is 77.9 cm³/mol. The summed E-state index contributed by atoms with van der Waals surface area (Å²) in [5, 5.41) is 7.75. The highest BCUT2D eigenvalue weighted by Gasteiger charge is 2.07. The summed E-state index contributed by atoms with van der Waals surface area (Å²) in [4.78, 5) is 0. The summed E-state index contributed by atoms with van der Waals surface area (Å²) < 4.78 is 7.30. The molecule has 0 spiro atoms. The highest BCUT2D eigenvalue weighted by molar-refractivity contribution is 5.67. The summed E-state index contributed by atoms with van der Waals surface area (Å²) >= 11 is 0. The molecule has 2 aromatic rings. The van der Waals surface area contributed by atoms with Crippen LogP contribution < -0.4 is 15.8 Å². The van der Waals surface area contributed by atoms with E-state index < -0.39 is 0 Å². The van der Waals surface area contributed by atoms with Gasteiger partial charge in [0, 0.05) is 25.0 Å². The fraction of sp³-hybridized carbons (Fsp3) is 0.357. The van der Waals surface area contributed by atoms with Crippen LogP contribution in [0.5, 0.6) is 5.75 Å². The van der Waals surface area contributed by atoms with E-state index in [1.54, 1.807) is 0 Å². The Hall–Kier alpha value is -2.17. The Morgan fingerprint density at radius 2 is 2.16 bits per heavy atom. The van der Waals surface area contributed by atoms with Crippen molar-refractivity contribution in [1.82, 2.24) is 9.78 Å². The molecular weight excluding hydrogens is 240 g/mol. The first-order valence-electron chi connectivity index (χ1n) is 6.45. The lowest BCUT2D eigenvalue weighted by atomic mass is 10.2. The predicted octanol–water partition coefficient (Wildman–Crippen LogP) is 2.71. The van der Waals surface area contributed by atoms with Crippen molar-refractivity contribution in [1.29, 1.82) is 0 Å². The van der Waals surface area contributed by atoms with Gasteiger partial charge < -0.3 is 15.8 Å². The van der Waals surface area contributed by atoms with Crippen LogP contribution in [0.2, 0.25) is 0 Å². The van der Waals surface area contributed by atoms with Crippen molar-refractivity contribution in [2.24, 2.45) is 7.05 Å². The summed E-state index contributed by atoms with van der Waals surface area (Å²) in [6.07, 6.45) is 2.85. The maximum Gasteiger partial charge on any atom is 0.144 e. The van der Waals surface area contributed by atoms with Crippen molar-refractivity contribution in [3.8, 4) is 5.75 Å². The molecule has 0 unspecified atom stereocenters. The van der Waals surface area contributed by atoms with Crippen molar-refractivity contribution in [2.45, 2.75) is 20.3 Å². The largest absolute Gasteiger partial charge is 0.492 e. The van der Waals surface area contributed by atoms with Crippen LogP contribution in [0, 0.1) is 0 Å². The van der Waals surface area contributed by atoms with Crippen LogP contribution in [0.3, 0.4) is 0 Å². The summed E-state index contributed by atoms with van der Waals surface area (Å²) in [5.74, 6) is 0.703. The van der Waals surface area contributed by atoms with Crippen molar-refractivity contribution in [3.05, 3.63) is 30.1 Å². The molecule has 0 atom stereocenters. The van der Waals surface area contributed by atoms with E-state index in [-0.39, 0.29) is 0 Å². The molecule has 2 rings (SSSR count). The number of nitrogens with one attached hydrogen (secondary N) is 1. The minimum absolute atomic E-state index is 0.598. The van der Waals surface area contributed by atoms with Crippen LogP contribution in [0.15, 0.2) is 24.4 Å². The zero-order valence-corrected chi connectivity index (χ0v) is 11.6. The van der Waals surface area contributed by atoms with Crippen LogP contribution >= 0.6 is 0 Å². The maximum absolute atomic E-state index is 5.86. The van der Waals surface area contributed by atoms with E-state index in [0.29, 0.717) is 18.0 Å². The van der Waals surface area contributed by atoms with Crippen LogP contribution in [0.25, 0.3) is 0 Å². The number of nitrogens with zero attached hydrogens (tertiary/aromatic N) is 2. The second-order valence-corrected chi connectivity index (χ2v) is 4.33. The minimum Gasteiger partial charge on any atom is -0.492 e. The summed E-state index contributed by atoms with van der Waals surface area (Å²) in [5.41, 5.74) is 9.50. The fourth-order valence-electron chi connectivity index (χ4n) is 1.95. The number of ether oxygens (including phenoxy) is 1. The summed E-state index contributed by atoms with van der Waals surface area (Å²) in [6, 6.07) is 5.69. The van der Waals surface area contributed by atoms with Crippen molar-refractivity contribution in [2.75, 3.05) is 17.7 Å². The van der Waals surface area contributed by atoms with Gasteiger partial charge in [-0.3, -0.25) is 4.68 Å². The molecule has 3 N–H and O–H groups in total. The number of nitrogen functional groups attached to an aromatic ring is 1. The lowest BCUT2D eigenvalue weighted by Gasteiger charge is -2.10. The van der Waals surface area contributed by atoms with Crippen LogP contribution in [-0.4, -0.2) is 16.4 Å². The molecule has 0 aliphatic rings. The molecule has 5 heteroatoms. The highest BCUT2D eigenvalue weighted by atomic mass is 16.5. The highest BCUT2D eigenvalue weighted by Crippen LogP contribution is 2.28. The number of aromatic nitrogens is 2. The quantitative estimate of drug-likeness (QED) is 0.811. The number of anilines is 3. The van der Waals surface area contributed by atoms with Gasteiger partial charge in [0.15, 0.2) is 0 Å². The Balaban J connectivity index is 2.25. The van der Waals surface area contributed by atoms with Gasteiger partial charge in [-0.2, -0.15) is 5.10 Å². The molecule has 5 nitrogen and oxygen atoms in total. The normalized spacial score (nSPS) is 10.5. The molecule has 0 saturated heterocycles. The molecule has 0 fully saturated rings. The fourth-order valence-corrected chi connectivity index (χ4v) is 1.95. The molecule has 0 aliphatic carbocycles. The van der Waals surface area contributed by atoms with Gasteiger partial charge in [0.2, 0.25) is 0 Å². The van der Waals surface area contributed by atoms with Gasteiger partial charge in [-0.05, 0) is 25.5 Å². The summed E-state index contributed by atoms with van der Waals surface area (Å²) in [6.45, 7) is 4.62. The van der Waals surface area contributed by atoms with E-state index in [4.69, 9.17) is 10.5 Å². The van der Waals surface area contributed by atoms with Gasteiger partial charge in [0.1, 0.15) is 5.75 Å². The van der Waals surface area contributed by atoms with Gasteiger partial charge in [-0.1, -0.05) is 6.92 Å².